The third kappa shape index (κ3) is 9.46. The molecule has 0 amide bonds. The van der Waals surface area contributed by atoms with Crippen LogP contribution in [0.3, 0.4) is 0 Å². The number of fused-ring (bicyclic) bond motifs is 2. The number of nitrogens with zero attached hydrogens (tertiary/aromatic N) is 8. The third-order valence-corrected chi connectivity index (χ3v) is 14.4. The summed E-state index contributed by atoms with van der Waals surface area (Å²) in [4.78, 5) is 35.0. The molecule has 368 valence electrons. The van der Waals surface area contributed by atoms with Crippen LogP contribution < -0.4 is 21.8 Å². The average molecular weight is 977 g/mol. The number of nitrogens with one attached hydrogen (secondary N) is 4. The summed E-state index contributed by atoms with van der Waals surface area (Å²) in [7, 11) is 0. The molecule has 4 aromatic heterocycles. The van der Waals surface area contributed by atoms with Crippen LogP contribution in [-0.2, 0) is 23.4 Å². The normalized spacial score (nSPS) is 23.7. The van der Waals surface area contributed by atoms with Crippen LogP contribution >= 0.6 is 0 Å². The van der Waals surface area contributed by atoms with E-state index in [4.69, 9.17) is 0 Å². The Kier molecular flexibility index (Phi) is 13.0. The summed E-state index contributed by atoms with van der Waals surface area (Å²) in [6.45, 7) is 1.77. The van der Waals surface area contributed by atoms with Gasteiger partial charge < -0.3 is 20.6 Å². The van der Waals surface area contributed by atoms with Crippen LogP contribution in [-0.4, -0.2) is 89.9 Å². The van der Waals surface area contributed by atoms with Gasteiger partial charge in [-0.15, -0.1) is 0 Å². The Morgan fingerprint density at radius 1 is 0.586 bits per heavy atom. The van der Waals surface area contributed by atoms with E-state index in [9.17, 15) is 55.2 Å². The van der Waals surface area contributed by atoms with Gasteiger partial charge in [0.2, 0.25) is 0 Å². The molecule has 0 radical (unpaired) electrons. The van der Waals surface area contributed by atoms with Gasteiger partial charge in [-0.25, -0.2) is 8.78 Å². The lowest BCUT2D eigenvalue weighted by Gasteiger charge is -2.47. The SMILES string of the molecule is N#CCC1(n2nc(Nc3ccc(C(F)(F)F)cc3)c3c(=O)[nH]ccc32)CCC(N2CC(F)C2)CC1.N#CCC1(n2nc(Nc3ccc(C(F)(F)F)cc3)c3c(=O)[nH]ccc32)CCC(N2CC(F)C2)CC1. The van der Waals surface area contributed by atoms with Crippen molar-refractivity contribution in [3.63, 3.8) is 0 Å². The molecule has 0 bridgehead atoms. The molecular weight excluding hydrogens is 929 g/mol. The van der Waals surface area contributed by atoms with E-state index in [-0.39, 0.29) is 47.3 Å². The average Bonchev–Trinajstić information content (AvgIpc) is 3.88. The summed E-state index contributed by atoms with van der Waals surface area (Å²) in [6.07, 6.45) is -1.38. The Balaban J connectivity index is 0.000000174. The van der Waals surface area contributed by atoms with Crippen molar-refractivity contribution in [1.82, 2.24) is 39.3 Å². The van der Waals surface area contributed by atoms with Crippen LogP contribution in [0.2, 0.25) is 0 Å². The highest BCUT2D eigenvalue weighted by Crippen LogP contribution is 2.45. The number of nitriles is 2. The zero-order valence-electron chi connectivity index (χ0n) is 37.6. The molecule has 22 heteroatoms. The first-order valence-corrected chi connectivity index (χ1v) is 23.0. The number of alkyl halides is 8. The van der Waals surface area contributed by atoms with Gasteiger partial charge in [-0.3, -0.25) is 28.8 Å². The van der Waals surface area contributed by atoms with Crippen molar-refractivity contribution in [2.75, 3.05) is 36.8 Å². The minimum Gasteiger partial charge on any atom is -0.338 e. The van der Waals surface area contributed by atoms with E-state index in [0.717, 1.165) is 49.9 Å². The van der Waals surface area contributed by atoms with Crippen LogP contribution in [0.5, 0.6) is 0 Å². The standard InChI is InChI=1S/2C24H24F4N6O/c2*25-16-13-33(14-16)18-5-8-23(9-6-18,10-11-29)34-19-7-12-30-22(35)20(19)21(32-34)31-17-3-1-15(2-4-17)24(26,27)28/h2*1-4,7,12,16,18H,5-6,8-10,13-14H2,(H,30,35)(H,31,32). The number of likely N-dealkylation sites (tertiary alicyclic amines) is 2. The van der Waals surface area contributed by atoms with E-state index in [0.29, 0.717) is 74.3 Å². The Hall–Kier alpha value is -6.78. The number of aromatic nitrogens is 6. The Morgan fingerprint density at radius 3 is 1.23 bits per heavy atom. The maximum atomic E-state index is 13.3. The molecule has 6 heterocycles. The van der Waals surface area contributed by atoms with Crippen molar-refractivity contribution in [2.45, 2.75) is 112 Å². The first kappa shape index (κ1) is 48.3. The third-order valence-electron chi connectivity index (χ3n) is 14.4. The zero-order valence-corrected chi connectivity index (χ0v) is 37.6. The number of hydrogen-bond acceptors (Lipinski definition) is 10. The predicted octanol–water partition coefficient (Wildman–Crippen LogP) is 9.38. The predicted molar refractivity (Wildman–Crippen MR) is 244 cm³/mol. The van der Waals surface area contributed by atoms with Crippen LogP contribution in [0.15, 0.2) is 82.6 Å². The van der Waals surface area contributed by atoms with E-state index in [1.165, 1.54) is 36.7 Å². The summed E-state index contributed by atoms with van der Waals surface area (Å²) >= 11 is 0. The van der Waals surface area contributed by atoms with Crippen LogP contribution in [0.25, 0.3) is 21.8 Å². The van der Waals surface area contributed by atoms with Crippen molar-refractivity contribution in [3.8, 4) is 12.1 Å². The highest BCUT2D eigenvalue weighted by molar-refractivity contribution is 5.92. The fourth-order valence-corrected chi connectivity index (χ4v) is 10.5. The number of hydrogen-bond donors (Lipinski definition) is 4. The molecule has 2 saturated heterocycles. The van der Waals surface area contributed by atoms with Gasteiger partial charge in [-0.2, -0.15) is 47.1 Å². The maximum Gasteiger partial charge on any atom is 0.416 e. The van der Waals surface area contributed by atoms with E-state index < -0.39 is 58.0 Å². The Bertz CT molecular complexity index is 2820. The number of anilines is 4. The van der Waals surface area contributed by atoms with E-state index in [1.807, 2.05) is 0 Å². The van der Waals surface area contributed by atoms with Crippen molar-refractivity contribution in [3.05, 3.63) is 105 Å². The van der Waals surface area contributed by atoms with Gasteiger partial charge in [0.15, 0.2) is 11.6 Å². The number of halogens is 8. The van der Waals surface area contributed by atoms with Gasteiger partial charge in [0.05, 0.1) is 58.2 Å². The quantitative estimate of drug-likeness (QED) is 0.0967. The molecule has 0 spiro atoms. The highest BCUT2D eigenvalue weighted by atomic mass is 19.4. The van der Waals surface area contributed by atoms with Crippen LogP contribution in [0, 0.1) is 22.7 Å². The van der Waals surface area contributed by atoms with E-state index >= 15 is 0 Å². The minimum atomic E-state index is -4.45. The van der Waals surface area contributed by atoms with Gasteiger partial charge in [0.1, 0.15) is 23.1 Å². The molecule has 2 aliphatic heterocycles. The molecule has 0 atom stereocenters. The number of pyridine rings is 2. The second-order valence-electron chi connectivity index (χ2n) is 18.7. The molecule has 14 nitrogen and oxygen atoms in total. The van der Waals surface area contributed by atoms with Gasteiger partial charge >= 0.3 is 12.4 Å². The minimum absolute atomic E-state index is 0.189. The molecule has 4 aliphatic rings. The summed E-state index contributed by atoms with van der Waals surface area (Å²) in [5.41, 5.74) is -1.82. The van der Waals surface area contributed by atoms with Gasteiger partial charge in [0, 0.05) is 62.0 Å². The maximum absolute atomic E-state index is 13.3. The number of benzene rings is 2. The molecular formula is C48H48F8N12O2. The van der Waals surface area contributed by atoms with Crippen LogP contribution in [0.1, 0.15) is 75.3 Å². The number of H-pyrrole nitrogens is 2. The molecule has 2 aliphatic carbocycles. The summed E-state index contributed by atoms with van der Waals surface area (Å²) < 4.78 is 108. The van der Waals surface area contributed by atoms with Gasteiger partial charge in [-0.05, 0) is 112 Å². The van der Waals surface area contributed by atoms with E-state index in [1.54, 1.807) is 21.5 Å². The molecule has 10 rings (SSSR count). The van der Waals surface area contributed by atoms with Crippen molar-refractivity contribution < 1.29 is 35.1 Å². The fourth-order valence-electron chi connectivity index (χ4n) is 10.5. The van der Waals surface area contributed by atoms with Crippen molar-refractivity contribution in [1.29, 1.82) is 10.5 Å². The monoisotopic (exact) mass is 976 g/mol. The first-order chi connectivity index (χ1) is 33.4. The smallest absolute Gasteiger partial charge is 0.338 e. The zero-order chi connectivity index (χ0) is 49.6. The largest absolute Gasteiger partial charge is 0.416 e. The van der Waals surface area contributed by atoms with Crippen molar-refractivity contribution >= 4 is 44.8 Å². The Morgan fingerprint density at radius 2 is 0.929 bits per heavy atom. The van der Waals surface area contributed by atoms with Crippen molar-refractivity contribution in [2.24, 2.45) is 0 Å². The molecule has 4 fully saturated rings. The van der Waals surface area contributed by atoms with Gasteiger partial charge in [0.25, 0.3) is 11.1 Å². The van der Waals surface area contributed by atoms with Gasteiger partial charge in [-0.1, -0.05) is 0 Å². The number of rotatable bonds is 10. The lowest BCUT2D eigenvalue weighted by atomic mass is 9.76. The first-order valence-electron chi connectivity index (χ1n) is 23.0. The summed E-state index contributed by atoms with van der Waals surface area (Å²) in [5, 5.41) is 35.2. The summed E-state index contributed by atoms with van der Waals surface area (Å²) in [6, 6.07) is 17.5. The number of aromatic amines is 2. The highest BCUT2D eigenvalue weighted by Gasteiger charge is 2.45. The lowest BCUT2D eigenvalue weighted by Crippen LogP contribution is -2.55. The molecule has 2 saturated carbocycles. The Labute approximate surface area is 394 Å². The molecule has 2 aromatic carbocycles. The molecule has 6 aromatic rings. The van der Waals surface area contributed by atoms with Crippen LogP contribution in [0.4, 0.5) is 58.1 Å². The lowest BCUT2D eigenvalue weighted by molar-refractivity contribution is -0.138. The second kappa shape index (κ2) is 18.9. The molecule has 70 heavy (non-hydrogen) atoms. The molecule has 4 N–H and O–H groups in total. The molecule has 0 unspecified atom stereocenters. The topological polar surface area (TPSA) is 179 Å². The second-order valence-corrected chi connectivity index (χ2v) is 18.7. The summed E-state index contributed by atoms with van der Waals surface area (Å²) in [5.74, 6) is 0.424. The fraction of sp³-hybridized carbons (Fsp3) is 0.458. The van der Waals surface area contributed by atoms with E-state index in [2.05, 4.69) is 52.7 Å².